The zero-order valence-corrected chi connectivity index (χ0v) is 13.9. The van der Waals surface area contributed by atoms with E-state index in [0.717, 1.165) is 19.3 Å². The number of nitrogens with one attached hydrogen (secondary N) is 1. The van der Waals surface area contributed by atoms with Crippen molar-refractivity contribution in [3.63, 3.8) is 0 Å². The number of piperidine rings is 1. The SMILES string of the molecule is CCC(C)NC(=O)C1CCCN(C(=O)c2ccc(Cl)cc2)C1. The fourth-order valence-electron chi connectivity index (χ4n) is 2.61. The van der Waals surface area contributed by atoms with E-state index in [-0.39, 0.29) is 23.8 Å². The summed E-state index contributed by atoms with van der Waals surface area (Å²) >= 11 is 5.85. The van der Waals surface area contributed by atoms with Gasteiger partial charge in [0.15, 0.2) is 0 Å². The molecular weight excluding hydrogens is 300 g/mol. The van der Waals surface area contributed by atoms with Crippen LogP contribution in [-0.4, -0.2) is 35.8 Å². The molecule has 5 heteroatoms. The molecule has 2 amide bonds. The highest BCUT2D eigenvalue weighted by atomic mass is 35.5. The topological polar surface area (TPSA) is 49.4 Å². The summed E-state index contributed by atoms with van der Waals surface area (Å²) in [6, 6.07) is 7.06. The van der Waals surface area contributed by atoms with E-state index in [2.05, 4.69) is 5.32 Å². The van der Waals surface area contributed by atoms with Crippen LogP contribution < -0.4 is 5.32 Å². The molecule has 1 aromatic carbocycles. The number of nitrogens with zero attached hydrogens (tertiary/aromatic N) is 1. The predicted molar refractivity (Wildman–Crippen MR) is 88.0 cm³/mol. The Balaban J connectivity index is 1.99. The number of carbonyl (C=O) groups is 2. The van der Waals surface area contributed by atoms with Gasteiger partial charge in [-0.3, -0.25) is 9.59 Å². The van der Waals surface area contributed by atoms with Crippen molar-refractivity contribution in [1.29, 1.82) is 0 Å². The molecule has 1 aliphatic rings. The molecule has 0 aliphatic carbocycles. The summed E-state index contributed by atoms with van der Waals surface area (Å²) in [6.07, 6.45) is 2.61. The van der Waals surface area contributed by atoms with Gasteiger partial charge in [0.25, 0.3) is 5.91 Å². The standard InChI is InChI=1S/C17H23ClN2O2/c1-3-12(2)19-16(21)14-5-4-10-20(11-14)17(22)13-6-8-15(18)9-7-13/h6-9,12,14H,3-5,10-11H2,1-2H3,(H,19,21). The van der Waals surface area contributed by atoms with Gasteiger partial charge in [-0.25, -0.2) is 0 Å². The van der Waals surface area contributed by atoms with E-state index in [1.807, 2.05) is 13.8 Å². The molecule has 0 saturated carbocycles. The Kier molecular flexibility index (Phi) is 5.83. The number of carbonyl (C=O) groups excluding carboxylic acids is 2. The van der Waals surface area contributed by atoms with Crippen molar-refractivity contribution in [2.24, 2.45) is 5.92 Å². The minimum atomic E-state index is -0.112. The van der Waals surface area contributed by atoms with Crippen LogP contribution in [0.15, 0.2) is 24.3 Å². The van der Waals surface area contributed by atoms with Crippen LogP contribution in [0.2, 0.25) is 5.02 Å². The summed E-state index contributed by atoms with van der Waals surface area (Å²) in [6.45, 7) is 5.23. The van der Waals surface area contributed by atoms with E-state index < -0.39 is 0 Å². The quantitative estimate of drug-likeness (QED) is 0.926. The number of halogens is 1. The molecule has 1 N–H and O–H groups in total. The van der Waals surface area contributed by atoms with Crippen LogP contribution in [0.1, 0.15) is 43.5 Å². The van der Waals surface area contributed by atoms with Gasteiger partial charge in [0.1, 0.15) is 0 Å². The van der Waals surface area contributed by atoms with Crippen molar-refractivity contribution in [2.75, 3.05) is 13.1 Å². The maximum Gasteiger partial charge on any atom is 0.253 e. The molecule has 0 aromatic heterocycles. The first-order chi connectivity index (χ1) is 10.5. The summed E-state index contributed by atoms with van der Waals surface area (Å²) in [5, 5.41) is 3.62. The minimum Gasteiger partial charge on any atom is -0.353 e. The fourth-order valence-corrected chi connectivity index (χ4v) is 2.74. The molecule has 1 fully saturated rings. The third kappa shape index (κ3) is 4.23. The lowest BCUT2D eigenvalue weighted by Crippen LogP contribution is -2.47. The van der Waals surface area contributed by atoms with Crippen molar-refractivity contribution in [3.05, 3.63) is 34.9 Å². The number of hydrogen-bond donors (Lipinski definition) is 1. The Morgan fingerprint density at radius 1 is 1.36 bits per heavy atom. The van der Waals surface area contributed by atoms with Crippen molar-refractivity contribution >= 4 is 23.4 Å². The number of rotatable bonds is 4. The number of amides is 2. The van der Waals surface area contributed by atoms with Gasteiger partial charge in [0, 0.05) is 29.7 Å². The molecule has 120 valence electrons. The maximum absolute atomic E-state index is 12.5. The van der Waals surface area contributed by atoms with Crippen LogP contribution in [0.3, 0.4) is 0 Å². The highest BCUT2D eigenvalue weighted by Crippen LogP contribution is 2.20. The van der Waals surface area contributed by atoms with E-state index in [0.29, 0.717) is 23.7 Å². The average Bonchev–Trinajstić information content (AvgIpc) is 2.54. The molecule has 2 rings (SSSR count). The molecule has 1 aliphatic heterocycles. The van der Waals surface area contributed by atoms with Crippen LogP contribution in [0.4, 0.5) is 0 Å². The molecule has 1 saturated heterocycles. The summed E-state index contributed by atoms with van der Waals surface area (Å²) < 4.78 is 0. The Morgan fingerprint density at radius 2 is 2.05 bits per heavy atom. The van der Waals surface area contributed by atoms with Gasteiger partial charge in [-0.15, -0.1) is 0 Å². The first kappa shape index (κ1) is 16.8. The van der Waals surface area contributed by atoms with Crippen LogP contribution >= 0.6 is 11.6 Å². The lowest BCUT2D eigenvalue weighted by molar-refractivity contribution is -0.126. The molecule has 0 spiro atoms. The second-order valence-corrected chi connectivity index (χ2v) is 6.35. The molecule has 1 aromatic rings. The molecule has 1 heterocycles. The highest BCUT2D eigenvalue weighted by Gasteiger charge is 2.29. The monoisotopic (exact) mass is 322 g/mol. The first-order valence-corrected chi connectivity index (χ1v) is 8.24. The van der Waals surface area contributed by atoms with Gasteiger partial charge in [-0.2, -0.15) is 0 Å². The highest BCUT2D eigenvalue weighted by molar-refractivity contribution is 6.30. The summed E-state index contributed by atoms with van der Waals surface area (Å²) in [7, 11) is 0. The Labute approximate surface area is 136 Å². The van der Waals surface area contributed by atoms with Crippen LogP contribution in [0.5, 0.6) is 0 Å². The van der Waals surface area contributed by atoms with Gasteiger partial charge in [-0.05, 0) is 50.5 Å². The van der Waals surface area contributed by atoms with Crippen molar-refractivity contribution < 1.29 is 9.59 Å². The third-order valence-corrected chi connectivity index (χ3v) is 4.42. The van der Waals surface area contributed by atoms with Gasteiger partial charge < -0.3 is 10.2 Å². The number of benzene rings is 1. The predicted octanol–water partition coefficient (Wildman–Crippen LogP) is 3.11. The summed E-state index contributed by atoms with van der Waals surface area (Å²) in [4.78, 5) is 26.5. The number of likely N-dealkylation sites (tertiary alicyclic amines) is 1. The van der Waals surface area contributed by atoms with E-state index in [1.54, 1.807) is 29.2 Å². The largest absolute Gasteiger partial charge is 0.353 e. The number of hydrogen-bond acceptors (Lipinski definition) is 2. The first-order valence-electron chi connectivity index (χ1n) is 7.86. The van der Waals surface area contributed by atoms with Crippen molar-refractivity contribution in [1.82, 2.24) is 10.2 Å². The zero-order valence-electron chi connectivity index (χ0n) is 13.1. The normalized spacial score (nSPS) is 19.6. The average molecular weight is 323 g/mol. The van der Waals surface area contributed by atoms with E-state index in [9.17, 15) is 9.59 Å². The molecule has 2 unspecified atom stereocenters. The molecule has 4 nitrogen and oxygen atoms in total. The Bertz CT molecular complexity index is 530. The van der Waals surface area contributed by atoms with Gasteiger partial charge in [0.2, 0.25) is 5.91 Å². The van der Waals surface area contributed by atoms with Crippen LogP contribution in [0.25, 0.3) is 0 Å². The lowest BCUT2D eigenvalue weighted by Gasteiger charge is -2.32. The molecule has 22 heavy (non-hydrogen) atoms. The van der Waals surface area contributed by atoms with Gasteiger partial charge in [0.05, 0.1) is 5.92 Å². The fraction of sp³-hybridized carbons (Fsp3) is 0.529. The van der Waals surface area contributed by atoms with Crippen molar-refractivity contribution in [3.8, 4) is 0 Å². The smallest absolute Gasteiger partial charge is 0.253 e. The molecule has 0 bridgehead atoms. The molecule has 0 radical (unpaired) electrons. The van der Waals surface area contributed by atoms with Crippen LogP contribution in [-0.2, 0) is 4.79 Å². The van der Waals surface area contributed by atoms with Gasteiger partial charge >= 0.3 is 0 Å². The lowest BCUT2D eigenvalue weighted by atomic mass is 9.96. The Morgan fingerprint density at radius 3 is 2.68 bits per heavy atom. The van der Waals surface area contributed by atoms with Crippen LogP contribution in [0, 0.1) is 5.92 Å². The minimum absolute atomic E-state index is 0.0299. The second-order valence-electron chi connectivity index (χ2n) is 5.92. The summed E-state index contributed by atoms with van der Waals surface area (Å²) in [5.41, 5.74) is 0.618. The second kappa shape index (κ2) is 7.63. The van der Waals surface area contributed by atoms with E-state index >= 15 is 0 Å². The zero-order chi connectivity index (χ0) is 16.1. The third-order valence-electron chi connectivity index (χ3n) is 4.17. The van der Waals surface area contributed by atoms with Gasteiger partial charge in [-0.1, -0.05) is 18.5 Å². The Hall–Kier alpha value is -1.55. The maximum atomic E-state index is 12.5. The molecule has 2 atom stereocenters. The van der Waals surface area contributed by atoms with E-state index in [4.69, 9.17) is 11.6 Å². The summed E-state index contributed by atoms with van der Waals surface area (Å²) in [5.74, 6) is -0.0836. The van der Waals surface area contributed by atoms with Crippen molar-refractivity contribution in [2.45, 2.75) is 39.2 Å². The van der Waals surface area contributed by atoms with E-state index in [1.165, 1.54) is 0 Å². The molecular formula is C17H23ClN2O2.